The van der Waals surface area contributed by atoms with Gasteiger partial charge < -0.3 is 34.0 Å². The molecule has 5 rings (SSSR count). The zero-order valence-electron chi connectivity index (χ0n) is 38.6. The molecule has 2 aromatic rings. The lowest BCUT2D eigenvalue weighted by Crippen LogP contribution is -2.70. The molecule has 0 radical (unpaired) electrons. The van der Waals surface area contributed by atoms with Crippen molar-refractivity contribution >= 4 is 11.8 Å². The molecule has 3 aliphatic rings. The Morgan fingerprint density at radius 1 is 0.857 bits per heavy atom. The van der Waals surface area contributed by atoms with Crippen molar-refractivity contribution in [2.24, 2.45) is 22.9 Å². The highest BCUT2D eigenvalue weighted by Crippen LogP contribution is 2.62. The number of benzene rings is 2. The fraction of sp³-hybridized carbons (Fsp3) is 0.623. The summed E-state index contributed by atoms with van der Waals surface area (Å²) >= 11 is 0. The van der Waals surface area contributed by atoms with Crippen molar-refractivity contribution in [1.29, 1.82) is 0 Å². The predicted octanol–water partition coefficient (Wildman–Crippen LogP) is 11.9. The van der Waals surface area contributed by atoms with Crippen LogP contribution in [0, 0.1) is 17.8 Å². The van der Waals surface area contributed by atoms with Crippen LogP contribution >= 0.6 is 0 Å². The lowest BCUT2D eigenvalue weighted by Gasteiger charge is -2.59. The number of amides is 1. The van der Waals surface area contributed by atoms with Crippen LogP contribution in [0.3, 0.4) is 0 Å². The van der Waals surface area contributed by atoms with Gasteiger partial charge in [0.1, 0.15) is 30.8 Å². The zero-order chi connectivity index (χ0) is 44.7. The normalized spacial score (nSPS) is 22.9. The third-order valence-corrected chi connectivity index (χ3v) is 13.1. The van der Waals surface area contributed by atoms with E-state index in [0.29, 0.717) is 57.8 Å². The highest BCUT2D eigenvalue weighted by atomic mass is 16.7. The fourth-order valence-electron chi connectivity index (χ4n) is 10.1. The van der Waals surface area contributed by atoms with Gasteiger partial charge in [-0.3, -0.25) is 4.90 Å². The van der Waals surface area contributed by atoms with Crippen LogP contribution < -0.4 is 9.47 Å². The first-order valence-electron chi connectivity index (χ1n) is 24.4. The van der Waals surface area contributed by atoms with E-state index in [9.17, 15) is 15.0 Å². The standard InChI is InChI=1S/C53H78N2O8/c1-5-9-10-11-12-13-14-15-16-24-36-60-52(58)55(31-6-2)49-39-47(54-62-40-41-25-18-17-19-26-41)45-37-42(27-20-22-32-56)44(28-21-23-33-57)50-46-38-43(59-34-7-3)29-30-48(46)63-53(49,51(45)50)61-35-8-4/h7-8,17-19,25-26,29-30,37-38,42,44,49-51,56-57H,3-6,9-16,20-24,27-28,31-36,39-40H2,1-2H3/t42-,44+,49-,50+,51+,53+/m0/s1. The molecular formula is C53H78N2O8. The zero-order valence-corrected chi connectivity index (χ0v) is 38.6. The van der Waals surface area contributed by atoms with Crippen molar-refractivity contribution in [3.8, 4) is 11.5 Å². The molecule has 2 aromatic carbocycles. The van der Waals surface area contributed by atoms with Gasteiger partial charge in [-0.2, -0.15) is 0 Å². The Morgan fingerprint density at radius 3 is 2.24 bits per heavy atom. The highest BCUT2D eigenvalue weighted by Gasteiger charge is 2.65. The van der Waals surface area contributed by atoms with Crippen molar-refractivity contribution in [2.45, 2.75) is 154 Å². The van der Waals surface area contributed by atoms with Crippen LogP contribution in [0.1, 0.15) is 146 Å². The van der Waals surface area contributed by atoms with E-state index in [4.69, 9.17) is 28.9 Å². The molecular weight excluding hydrogens is 793 g/mol. The van der Waals surface area contributed by atoms with Crippen molar-refractivity contribution in [1.82, 2.24) is 4.90 Å². The second-order valence-electron chi connectivity index (χ2n) is 17.6. The lowest BCUT2D eigenvalue weighted by atomic mass is 9.55. The first kappa shape index (κ1) is 49.9. The van der Waals surface area contributed by atoms with Crippen LogP contribution in [0.25, 0.3) is 0 Å². The van der Waals surface area contributed by atoms with Crippen molar-refractivity contribution in [3.05, 3.63) is 96.6 Å². The van der Waals surface area contributed by atoms with Crippen LogP contribution in [0.15, 0.2) is 90.6 Å². The number of hydrogen-bond acceptors (Lipinski definition) is 9. The van der Waals surface area contributed by atoms with Gasteiger partial charge in [-0.15, -0.1) is 6.58 Å². The summed E-state index contributed by atoms with van der Waals surface area (Å²) in [4.78, 5) is 22.6. The van der Waals surface area contributed by atoms with Gasteiger partial charge in [-0.1, -0.05) is 145 Å². The van der Waals surface area contributed by atoms with Crippen LogP contribution in [0.2, 0.25) is 0 Å². The number of rotatable bonds is 31. The van der Waals surface area contributed by atoms with E-state index in [2.05, 4.69) is 39.1 Å². The Kier molecular flexibility index (Phi) is 21.6. The number of aliphatic hydroxyl groups is 2. The smallest absolute Gasteiger partial charge is 0.410 e. The minimum absolute atomic E-state index is 0.112. The van der Waals surface area contributed by atoms with Gasteiger partial charge in [0.25, 0.3) is 0 Å². The second-order valence-corrected chi connectivity index (χ2v) is 17.6. The van der Waals surface area contributed by atoms with Crippen LogP contribution in [-0.4, -0.2) is 78.3 Å². The third kappa shape index (κ3) is 13.7. The van der Waals surface area contributed by atoms with E-state index in [-0.39, 0.29) is 43.7 Å². The molecule has 0 saturated heterocycles. The number of allylic oxidation sites excluding steroid dienone is 1. The lowest BCUT2D eigenvalue weighted by molar-refractivity contribution is -0.255. The molecule has 1 saturated carbocycles. The van der Waals surface area contributed by atoms with Crippen LogP contribution in [0.4, 0.5) is 4.79 Å². The topological polar surface area (TPSA) is 119 Å². The first-order chi connectivity index (χ1) is 31.0. The molecule has 10 heteroatoms. The first-order valence-corrected chi connectivity index (χ1v) is 24.4. The van der Waals surface area contributed by atoms with Crippen molar-refractivity contribution in [2.75, 3.05) is 39.6 Å². The van der Waals surface area contributed by atoms with E-state index >= 15 is 0 Å². The van der Waals surface area contributed by atoms with E-state index < -0.39 is 17.7 Å². The number of aliphatic hydroxyl groups excluding tert-OH is 2. The molecule has 1 heterocycles. The minimum atomic E-state index is -1.34. The van der Waals surface area contributed by atoms with Gasteiger partial charge in [0, 0.05) is 37.7 Å². The Balaban J connectivity index is 1.57. The third-order valence-electron chi connectivity index (χ3n) is 13.1. The highest BCUT2D eigenvalue weighted by molar-refractivity contribution is 6.03. The molecule has 2 aliphatic carbocycles. The number of ether oxygens (including phenoxy) is 4. The summed E-state index contributed by atoms with van der Waals surface area (Å²) in [5.74, 6) is -0.237. The SMILES string of the molecule is C=CCOc1ccc2c(c1)[C@H]1[C@H](CCCCO)[C@@H](CCCCO)C=C3C(=NOCc4ccccc4)C[C@H](N(CCC)C(=O)OCCCCCCCCCCCC)[C@@](OCC=C)(O2)[C@H]31. The van der Waals surface area contributed by atoms with Crippen molar-refractivity contribution in [3.63, 3.8) is 0 Å². The maximum atomic E-state index is 14.6. The predicted molar refractivity (Wildman–Crippen MR) is 252 cm³/mol. The molecule has 2 N–H and O–H groups in total. The number of fused-ring (bicyclic) bond motifs is 2. The van der Waals surface area contributed by atoms with Gasteiger partial charge in [0.05, 0.1) is 24.8 Å². The maximum Gasteiger partial charge on any atom is 0.410 e. The largest absolute Gasteiger partial charge is 0.490 e. The van der Waals surface area contributed by atoms with Gasteiger partial charge in [0.2, 0.25) is 5.79 Å². The molecule has 10 nitrogen and oxygen atoms in total. The van der Waals surface area contributed by atoms with Gasteiger partial charge in [0.15, 0.2) is 0 Å². The Labute approximate surface area is 378 Å². The molecule has 0 aromatic heterocycles. The number of carbonyl (C=O) groups excluding carboxylic acids is 1. The fourth-order valence-corrected chi connectivity index (χ4v) is 10.1. The number of unbranched alkanes of at least 4 members (excludes halogenated alkanes) is 11. The van der Waals surface area contributed by atoms with Crippen molar-refractivity contribution < 1.29 is 38.8 Å². The summed E-state index contributed by atoms with van der Waals surface area (Å²) in [6, 6.07) is 15.4. The molecule has 6 atom stereocenters. The second kappa shape index (κ2) is 27.3. The van der Waals surface area contributed by atoms with E-state index in [0.717, 1.165) is 73.1 Å². The summed E-state index contributed by atoms with van der Waals surface area (Å²) in [5, 5.41) is 24.8. The monoisotopic (exact) mass is 871 g/mol. The Hall–Kier alpha value is -4.12. The number of hydrogen-bond donors (Lipinski definition) is 2. The molecule has 1 amide bonds. The quantitative estimate of drug-likeness (QED) is 0.0437. The van der Waals surface area contributed by atoms with Gasteiger partial charge in [-0.25, -0.2) is 4.79 Å². The van der Waals surface area contributed by atoms with Gasteiger partial charge >= 0.3 is 6.09 Å². The summed E-state index contributed by atoms with van der Waals surface area (Å²) < 4.78 is 26.8. The molecule has 1 fully saturated rings. The van der Waals surface area contributed by atoms with Crippen LogP contribution in [0.5, 0.6) is 11.5 Å². The summed E-state index contributed by atoms with van der Waals surface area (Å²) in [7, 11) is 0. The maximum absolute atomic E-state index is 14.6. The van der Waals surface area contributed by atoms with E-state index in [1.165, 1.54) is 44.9 Å². The number of nitrogens with zero attached hydrogens (tertiary/aromatic N) is 2. The molecule has 1 aliphatic heterocycles. The summed E-state index contributed by atoms with van der Waals surface area (Å²) in [5.41, 5.74) is 3.78. The van der Waals surface area contributed by atoms with E-state index in [1.807, 2.05) is 47.4 Å². The average molecular weight is 871 g/mol. The Morgan fingerprint density at radius 2 is 1.56 bits per heavy atom. The minimum Gasteiger partial charge on any atom is -0.490 e. The molecule has 348 valence electrons. The van der Waals surface area contributed by atoms with Gasteiger partial charge in [-0.05, 0) is 79.7 Å². The summed E-state index contributed by atoms with van der Waals surface area (Å²) in [6.07, 6.45) is 23.3. The Bertz CT molecular complexity index is 1730. The van der Waals surface area contributed by atoms with Crippen LogP contribution in [-0.2, 0) is 20.9 Å². The average Bonchev–Trinajstić information content (AvgIpc) is 3.30. The molecule has 0 spiro atoms. The molecule has 0 bridgehead atoms. The summed E-state index contributed by atoms with van der Waals surface area (Å²) in [6.45, 7) is 14.1. The molecule has 63 heavy (non-hydrogen) atoms. The molecule has 0 unspecified atom stereocenters. The van der Waals surface area contributed by atoms with E-state index in [1.54, 1.807) is 12.2 Å². The number of carbonyl (C=O) groups is 1. The number of oxime groups is 1.